The van der Waals surface area contributed by atoms with Crippen molar-refractivity contribution >= 4 is 11.8 Å². The molecular formula is C13H17N3OS. The first-order chi connectivity index (χ1) is 8.70. The summed E-state index contributed by atoms with van der Waals surface area (Å²) in [6, 6.07) is 10.6. The van der Waals surface area contributed by atoms with Crippen molar-refractivity contribution in [2.24, 2.45) is 0 Å². The summed E-state index contributed by atoms with van der Waals surface area (Å²) in [6.07, 6.45) is 0. The van der Waals surface area contributed by atoms with Crippen LogP contribution in [0.25, 0.3) is 0 Å². The summed E-state index contributed by atoms with van der Waals surface area (Å²) in [7, 11) is 1.97. The number of benzene rings is 1. The van der Waals surface area contributed by atoms with E-state index in [0.29, 0.717) is 16.4 Å². The molecule has 0 fully saturated rings. The molecule has 1 heterocycles. The van der Waals surface area contributed by atoms with Gasteiger partial charge in [0.15, 0.2) is 0 Å². The largest absolute Gasteiger partial charge is 0.416 e. The Labute approximate surface area is 111 Å². The van der Waals surface area contributed by atoms with Crippen LogP contribution in [0.1, 0.15) is 24.4 Å². The number of thioether (sulfide) groups is 1. The van der Waals surface area contributed by atoms with Crippen LogP contribution in [0.15, 0.2) is 40.0 Å². The summed E-state index contributed by atoms with van der Waals surface area (Å²) < 4.78 is 5.40. The lowest BCUT2D eigenvalue weighted by Crippen LogP contribution is -2.25. The molecule has 4 nitrogen and oxygen atoms in total. The third-order valence-electron chi connectivity index (χ3n) is 2.73. The average molecular weight is 263 g/mol. The molecule has 0 bridgehead atoms. The Bertz CT molecular complexity index is 486. The second kappa shape index (κ2) is 6.02. The minimum absolute atomic E-state index is 0.253. The highest BCUT2D eigenvalue weighted by Crippen LogP contribution is 2.30. The van der Waals surface area contributed by atoms with E-state index in [1.165, 1.54) is 5.56 Å². The van der Waals surface area contributed by atoms with Gasteiger partial charge in [-0.1, -0.05) is 49.0 Å². The lowest BCUT2D eigenvalue weighted by atomic mass is 10.0. The third-order valence-corrected chi connectivity index (χ3v) is 3.74. The van der Waals surface area contributed by atoms with Gasteiger partial charge in [-0.2, -0.15) is 0 Å². The van der Waals surface area contributed by atoms with E-state index >= 15 is 0 Å². The zero-order valence-electron chi connectivity index (χ0n) is 10.8. The van der Waals surface area contributed by atoms with Crippen LogP contribution in [0, 0.1) is 6.92 Å². The number of aromatic nitrogens is 2. The third kappa shape index (κ3) is 3.11. The Balaban J connectivity index is 2.08. The fourth-order valence-electron chi connectivity index (χ4n) is 1.89. The molecule has 0 aliphatic carbocycles. The van der Waals surface area contributed by atoms with Crippen LogP contribution in [0.3, 0.4) is 0 Å². The molecule has 0 aliphatic heterocycles. The summed E-state index contributed by atoms with van der Waals surface area (Å²) in [4.78, 5) is 0. The molecule has 5 heteroatoms. The smallest absolute Gasteiger partial charge is 0.276 e. The van der Waals surface area contributed by atoms with E-state index in [0.717, 1.165) is 0 Å². The van der Waals surface area contributed by atoms with Crippen molar-refractivity contribution in [3.63, 3.8) is 0 Å². The lowest BCUT2D eigenvalue weighted by Gasteiger charge is -2.22. The molecule has 2 rings (SSSR count). The van der Waals surface area contributed by atoms with Crippen LogP contribution in [0.5, 0.6) is 0 Å². The maximum Gasteiger partial charge on any atom is 0.276 e. The van der Waals surface area contributed by atoms with Gasteiger partial charge in [-0.3, -0.25) is 0 Å². The van der Waals surface area contributed by atoms with Crippen LogP contribution >= 0.6 is 11.8 Å². The first kappa shape index (κ1) is 13.1. The topological polar surface area (TPSA) is 51.0 Å². The Morgan fingerprint density at radius 2 is 1.94 bits per heavy atom. The molecule has 0 saturated heterocycles. The van der Waals surface area contributed by atoms with Crippen LogP contribution < -0.4 is 5.32 Å². The number of hydrogen-bond acceptors (Lipinski definition) is 5. The van der Waals surface area contributed by atoms with E-state index in [2.05, 4.69) is 34.6 Å². The summed E-state index contributed by atoms with van der Waals surface area (Å²) in [6.45, 7) is 3.95. The standard InChI is InChI=1S/C13H17N3OS/c1-9(18-13-16-15-10(2)17-13)12(14-3)11-7-5-4-6-8-11/h4-9,12,14H,1-3H3. The van der Waals surface area contributed by atoms with Gasteiger partial charge in [0.05, 0.1) is 0 Å². The Morgan fingerprint density at radius 3 is 2.50 bits per heavy atom. The van der Waals surface area contributed by atoms with Crippen molar-refractivity contribution in [2.45, 2.75) is 30.4 Å². The summed E-state index contributed by atoms with van der Waals surface area (Å²) in [5.41, 5.74) is 1.26. The van der Waals surface area contributed by atoms with Gasteiger partial charge in [0.1, 0.15) is 0 Å². The minimum atomic E-state index is 0.253. The van der Waals surface area contributed by atoms with Gasteiger partial charge >= 0.3 is 0 Å². The highest BCUT2D eigenvalue weighted by Gasteiger charge is 2.20. The monoisotopic (exact) mass is 263 g/mol. The number of hydrogen-bond donors (Lipinski definition) is 1. The molecule has 0 amide bonds. The molecular weight excluding hydrogens is 246 g/mol. The Kier molecular flexibility index (Phi) is 4.38. The number of nitrogens with zero attached hydrogens (tertiary/aromatic N) is 2. The zero-order valence-corrected chi connectivity index (χ0v) is 11.6. The van der Waals surface area contributed by atoms with Crippen molar-refractivity contribution in [3.05, 3.63) is 41.8 Å². The molecule has 0 saturated carbocycles. The molecule has 96 valence electrons. The van der Waals surface area contributed by atoms with E-state index in [9.17, 15) is 0 Å². The van der Waals surface area contributed by atoms with Gasteiger partial charge in [0.2, 0.25) is 5.89 Å². The first-order valence-corrected chi connectivity index (χ1v) is 6.77. The Hall–Kier alpha value is -1.33. The predicted octanol–water partition coefficient (Wildman–Crippen LogP) is 2.82. The molecule has 0 radical (unpaired) electrons. The van der Waals surface area contributed by atoms with Crippen molar-refractivity contribution in [1.29, 1.82) is 0 Å². The van der Waals surface area contributed by atoms with Crippen molar-refractivity contribution in [3.8, 4) is 0 Å². The second-order valence-electron chi connectivity index (χ2n) is 4.09. The molecule has 0 spiro atoms. The summed E-state index contributed by atoms with van der Waals surface area (Å²) in [5.74, 6) is 0.602. The SMILES string of the molecule is CNC(c1ccccc1)C(C)Sc1nnc(C)o1. The number of rotatable bonds is 5. The molecule has 2 aromatic rings. The molecule has 18 heavy (non-hydrogen) atoms. The molecule has 1 N–H and O–H groups in total. The van der Waals surface area contributed by atoms with Gasteiger partial charge in [-0.05, 0) is 12.6 Å². The van der Waals surface area contributed by atoms with Crippen LogP contribution in [-0.2, 0) is 0 Å². The normalized spacial score (nSPS) is 14.4. The van der Waals surface area contributed by atoms with Gasteiger partial charge in [-0.15, -0.1) is 10.2 Å². The molecule has 1 aromatic carbocycles. The van der Waals surface area contributed by atoms with Crippen LogP contribution in [0.2, 0.25) is 0 Å². The molecule has 0 aliphatic rings. The van der Waals surface area contributed by atoms with E-state index in [-0.39, 0.29) is 6.04 Å². The summed E-state index contributed by atoms with van der Waals surface area (Å²) in [5, 5.41) is 12.1. The maximum atomic E-state index is 5.40. The molecule has 2 atom stereocenters. The molecule has 1 aromatic heterocycles. The number of nitrogens with one attached hydrogen (secondary N) is 1. The summed E-state index contributed by atoms with van der Waals surface area (Å²) >= 11 is 1.59. The molecule has 2 unspecified atom stereocenters. The van der Waals surface area contributed by atoms with Gasteiger partial charge < -0.3 is 9.73 Å². The van der Waals surface area contributed by atoms with Crippen molar-refractivity contribution < 1.29 is 4.42 Å². The van der Waals surface area contributed by atoms with Crippen LogP contribution in [-0.4, -0.2) is 22.5 Å². The first-order valence-electron chi connectivity index (χ1n) is 5.89. The van der Waals surface area contributed by atoms with Crippen molar-refractivity contribution in [2.75, 3.05) is 7.05 Å². The lowest BCUT2D eigenvalue weighted by molar-refractivity contribution is 0.427. The van der Waals surface area contributed by atoms with E-state index in [1.54, 1.807) is 18.7 Å². The van der Waals surface area contributed by atoms with Gasteiger partial charge in [0, 0.05) is 18.2 Å². The minimum Gasteiger partial charge on any atom is -0.416 e. The maximum absolute atomic E-state index is 5.40. The second-order valence-corrected chi connectivity index (χ2v) is 5.42. The van der Waals surface area contributed by atoms with Crippen LogP contribution in [0.4, 0.5) is 0 Å². The quantitative estimate of drug-likeness (QED) is 0.841. The Morgan fingerprint density at radius 1 is 1.22 bits per heavy atom. The highest BCUT2D eigenvalue weighted by molar-refractivity contribution is 7.99. The van der Waals surface area contributed by atoms with Gasteiger partial charge in [0.25, 0.3) is 5.22 Å². The fourth-order valence-corrected chi connectivity index (χ4v) is 2.89. The van der Waals surface area contributed by atoms with E-state index < -0.39 is 0 Å². The number of aryl methyl sites for hydroxylation is 1. The predicted molar refractivity (Wildman–Crippen MR) is 72.6 cm³/mol. The van der Waals surface area contributed by atoms with Gasteiger partial charge in [-0.25, -0.2) is 0 Å². The zero-order chi connectivity index (χ0) is 13.0. The fraction of sp³-hybridized carbons (Fsp3) is 0.385. The van der Waals surface area contributed by atoms with Crippen molar-refractivity contribution in [1.82, 2.24) is 15.5 Å². The van der Waals surface area contributed by atoms with E-state index in [1.807, 2.05) is 25.2 Å². The van der Waals surface area contributed by atoms with E-state index in [4.69, 9.17) is 4.42 Å². The average Bonchev–Trinajstić information content (AvgIpc) is 2.77. The highest BCUT2D eigenvalue weighted by atomic mass is 32.2.